The number of nitrogens with two attached hydrogens (primary N) is 1. The molecule has 2 N–H and O–H groups in total. The molecule has 0 aromatic heterocycles. The Labute approximate surface area is 52.1 Å². The van der Waals surface area contributed by atoms with Crippen LogP contribution in [0.15, 0.2) is 5.18 Å². The summed E-state index contributed by atoms with van der Waals surface area (Å²) >= 11 is 0. The quantitative estimate of drug-likeness (QED) is 0.558. The van der Waals surface area contributed by atoms with Crippen molar-refractivity contribution in [1.82, 2.24) is 0 Å². The summed E-state index contributed by atoms with van der Waals surface area (Å²) in [5, 5.41) is 2.51. The maximum atomic E-state index is 9.94. The first kappa shape index (κ1) is 7.87. The van der Waals surface area contributed by atoms with Crippen LogP contribution in [0.5, 0.6) is 0 Å². The number of primary amides is 1. The van der Waals surface area contributed by atoms with Gasteiger partial charge in [-0.15, -0.1) is 0 Å². The van der Waals surface area contributed by atoms with Crippen molar-refractivity contribution in [2.75, 3.05) is 6.54 Å². The topological polar surface area (TPSA) is 81.8 Å². The Hall–Kier alpha value is -1.13. The molecule has 5 nitrogen and oxygen atoms in total. The third kappa shape index (κ3) is 4.73. The van der Waals surface area contributed by atoms with Crippen molar-refractivity contribution in [3.8, 4) is 0 Å². The van der Waals surface area contributed by atoms with Crippen molar-refractivity contribution >= 4 is 6.09 Å². The van der Waals surface area contributed by atoms with Crippen LogP contribution in [0.2, 0.25) is 0 Å². The van der Waals surface area contributed by atoms with Crippen LogP contribution in [0.4, 0.5) is 4.79 Å². The lowest BCUT2D eigenvalue weighted by molar-refractivity contribution is 0.120. The summed E-state index contributed by atoms with van der Waals surface area (Å²) in [7, 11) is 0. The summed E-state index contributed by atoms with van der Waals surface area (Å²) in [6.07, 6.45) is -1.40. The van der Waals surface area contributed by atoms with Crippen LogP contribution in [0, 0.1) is 4.91 Å². The summed E-state index contributed by atoms with van der Waals surface area (Å²) < 4.78 is 4.34. The van der Waals surface area contributed by atoms with Crippen molar-refractivity contribution in [2.45, 2.75) is 13.0 Å². The van der Waals surface area contributed by atoms with Gasteiger partial charge >= 0.3 is 6.09 Å². The average Bonchev–Trinajstić information content (AvgIpc) is 1.63. The Morgan fingerprint density at radius 1 is 1.89 bits per heavy atom. The van der Waals surface area contributed by atoms with E-state index in [9.17, 15) is 9.70 Å². The van der Waals surface area contributed by atoms with Gasteiger partial charge in [0.15, 0.2) is 0 Å². The first-order valence-electron chi connectivity index (χ1n) is 2.42. The van der Waals surface area contributed by atoms with Gasteiger partial charge in [-0.25, -0.2) is 4.79 Å². The van der Waals surface area contributed by atoms with E-state index in [4.69, 9.17) is 0 Å². The highest BCUT2D eigenvalue weighted by atomic mass is 16.6. The molecule has 0 aliphatic heterocycles. The molecule has 1 atom stereocenters. The van der Waals surface area contributed by atoms with E-state index < -0.39 is 12.2 Å². The average molecular weight is 132 g/mol. The molecule has 0 aliphatic carbocycles. The zero-order valence-electron chi connectivity index (χ0n) is 5.03. The van der Waals surface area contributed by atoms with Crippen molar-refractivity contribution in [1.29, 1.82) is 0 Å². The van der Waals surface area contributed by atoms with E-state index in [0.717, 1.165) is 0 Å². The number of ether oxygens (including phenoxy) is 1. The van der Waals surface area contributed by atoms with Gasteiger partial charge in [-0.1, -0.05) is 5.18 Å². The Morgan fingerprint density at radius 3 is 2.78 bits per heavy atom. The van der Waals surface area contributed by atoms with Crippen LogP contribution in [0.1, 0.15) is 6.92 Å². The lowest BCUT2D eigenvalue weighted by Crippen LogP contribution is -2.22. The molecule has 0 saturated heterocycles. The molecule has 0 bridgehead atoms. The first-order chi connectivity index (χ1) is 4.16. The van der Waals surface area contributed by atoms with Crippen molar-refractivity contribution < 1.29 is 9.53 Å². The molecule has 0 aromatic rings. The molecule has 52 valence electrons. The minimum atomic E-state index is -0.883. The largest absolute Gasteiger partial charge is 0.445 e. The number of hydrogen-bond donors (Lipinski definition) is 1. The second kappa shape index (κ2) is 3.82. The standard InChI is InChI=1S/C4H8N2O3/c1-3(2-6-8)9-4(5)7/h3H,2H2,1H3,(H2,5,7). The molecule has 0 fully saturated rings. The predicted molar refractivity (Wildman–Crippen MR) is 30.8 cm³/mol. The maximum absolute atomic E-state index is 9.94. The number of amides is 1. The lowest BCUT2D eigenvalue weighted by atomic mass is 10.4. The van der Waals surface area contributed by atoms with Crippen LogP contribution in [0.3, 0.4) is 0 Å². The second-order valence-electron chi connectivity index (χ2n) is 1.56. The second-order valence-corrected chi connectivity index (χ2v) is 1.56. The van der Waals surface area contributed by atoms with E-state index in [2.05, 4.69) is 15.6 Å². The molecule has 9 heavy (non-hydrogen) atoms. The van der Waals surface area contributed by atoms with Gasteiger partial charge in [-0.05, 0) is 6.92 Å². The SMILES string of the molecule is CC(CN=O)OC(N)=O. The third-order valence-electron chi connectivity index (χ3n) is 0.649. The Morgan fingerprint density at radius 2 is 2.44 bits per heavy atom. The van der Waals surface area contributed by atoms with Crippen LogP contribution in [-0.2, 0) is 4.74 Å². The van der Waals surface area contributed by atoms with E-state index in [1.165, 1.54) is 6.92 Å². The van der Waals surface area contributed by atoms with E-state index in [-0.39, 0.29) is 6.54 Å². The van der Waals surface area contributed by atoms with Gasteiger partial charge in [0.05, 0.1) is 0 Å². The number of nitroso groups, excluding NO2 is 1. The maximum Gasteiger partial charge on any atom is 0.404 e. The van der Waals surface area contributed by atoms with E-state index in [1.807, 2.05) is 0 Å². The van der Waals surface area contributed by atoms with Crippen LogP contribution in [-0.4, -0.2) is 18.7 Å². The molecule has 0 rings (SSSR count). The van der Waals surface area contributed by atoms with Gasteiger partial charge in [-0.3, -0.25) is 0 Å². The minimum Gasteiger partial charge on any atom is -0.445 e. The summed E-state index contributed by atoms with van der Waals surface area (Å²) in [5.74, 6) is 0. The molecule has 0 heterocycles. The Bertz CT molecular complexity index is 114. The van der Waals surface area contributed by atoms with E-state index in [0.29, 0.717) is 0 Å². The summed E-state index contributed by atoms with van der Waals surface area (Å²) in [6, 6.07) is 0. The van der Waals surface area contributed by atoms with Gasteiger partial charge in [0.25, 0.3) is 0 Å². The summed E-state index contributed by atoms with van der Waals surface area (Å²) in [4.78, 5) is 19.5. The fourth-order valence-corrected chi connectivity index (χ4v) is 0.341. The number of carbonyl (C=O) groups excluding carboxylic acids is 1. The van der Waals surface area contributed by atoms with Crippen LogP contribution < -0.4 is 5.73 Å². The predicted octanol–water partition coefficient (Wildman–Crippen LogP) is 0.237. The van der Waals surface area contributed by atoms with Crippen molar-refractivity contribution in [2.24, 2.45) is 10.9 Å². The zero-order chi connectivity index (χ0) is 7.28. The molecule has 0 aromatic carbocycles. The smallest absolute Gasteiger partial charge is 0.404 e. The molecular weight excluding hydrogens is 124 g/mol. The van der Waals surface area contributed by atoms with Crippen LogP contribution in [0.25, 0.3) is 0 Å². The number of hydrogen-bond acceptors (Lipinski definition) is 4. The van der Waals surface area contributed by atoms with Crippen molar-refractivity contribution in [3.63, 3.8) is 0 Å². The molecule has 0 spiro atoms. The van der Waals surface area contributed by atoms with E-state index in [1.54, 1.807) is 0 Å². The molecule has 0 aliphatic rings. The van der Waals surface area contributed by atoms with Gasteiger partial charge in [-0.2, -0.15) is 4.91 Å². The Balaban J connectivity index is 3.37. The molecule has 0 saturated carbocycles. The molecule has 0 radical (unpaired) electrons. The highest BCUT2D eigenvalue weighted by Crippen LogP contribution is 1.89. The van der Waals surface area contributed by atoms with Gasteiger partial charge in [0, 0.05) is 0 Å². The molecule has 1 unspecified atom stereocenters. The summed E-state index contributed by atoms with van der Waals surface area (Å²) in [5.41, 5.74) is 4.62. The lowest BCUT2D eigenvalue weighted by Gasteiger charge is -2.04. The minimum absolute atomic E-state index is 0.0526. The molecule has 1 amide bonds. The van der Waals surface area contributed by atoms with E-state index >= 15 is 0 Å². The van der Waals surface area contributed by atoms with Gasteiger partial charge in [0.2, 0.25) is 0 Å². The number of carbonyl (C=O) groups is 1. The Kier molecular flexibility index (Phi) is 3.34. The molecular formula is C4H8N2O3. The zero-order valence-corrected chi connectivity index (χ0v) is 5.03. The summed E-state index contributed by atoms with van der Waals surface area (Å²) in [6.45, 7) is 1.48. The highest BCUT2D eigenvalue weighted by molar-refractivity contribution is 5.64. The third-order valence-corrected chi connectivity index (χ3v) is 0.649. The van der Waals surface area contributed by atoms with Crippen molar-refractivity contribution in [3.05, 3.63) is 4.91 Å². The van der Waals surface area contributed by atoms with Crippen LogP contribution >= 0.6 is 0 Å². The first-order valence-corrected chi connectivity index (χ1v) is 2.42. The highest BCUT2D eigenvalue weighted by Gasteiger charge is 2.03. The molecule has 5 heteroatoms. The monoisotopic (exact) mass is 132 g/mol. The fourth-order valence-electron chi connectivity index (χ4n) is 0.341. The van der Waals surface area contributed by atoms with Gasteiger partial charge in [0.1, 0.15) is 12.6 Å². The normalized spacial score (nSPS) is 12.1. The number of rotatable bonds is 3. The number of nitrogens with zero attached hydrogens (tertiary/aromatic N) is 1. The fraction of sp³-hybridized carbons (Fsp3) is 0.750. The van der Waals surface area contributed by atoms with Gasteiger partial charge < -0.3 is 10.5 Å².